The van der Waals surface area contributed by atoms with Crippen molar-refractivity contribution in [3.8, 4) is 0 Å². The molecule has 1 aromatic rings. The molecule has 3 N–H and O–H groups in total. The molecule has 0 aromatic heterocycles. The number of benzene rings is 1. The fourth-order valence-corrected chi connectivity index (χ4v) is 2.47. The van der Waals surface area contributed by atoms with Crippen LogP contribution in [0, 0.1) is 5.82 Å². The molecule has 132 valence electrons. The van der Waals surface area contributed by atoms with Crippen LogP contribution in [-0.4, -0.2) is 62.8 Å². The number of ether oxygens (including phenoxy) is 1. The molecule has 0 radical (unpaired) electrons. The molecule has 0 bridgehead atoms. The van der Waals surface area contributed by atoms with E-state index in [4.69, 9.17) is 4.74 Å². The van der Waals surface area contributed by atoms with Gasteiger partial charge in [-0.2, -0.15) is 0 Å². The molecule has 3 amide bonds. The fraction of sp³-hybridized carbons (Fsp3) is 0.500. The first kappa shape index (κ1) is 18.2. The van der Waals surface area contributed by atoms with Gasteiger partial charge in [-0.1, -0.05) is 0 Å². The molecule has 0 aliphatic carbocycles. The van der Waals surface area contributed by atoms with E-state index in [1.807, 2.05) is 6.92 Å². The largest absolute Gasteiger partial charge is 0.379 e. The van der Waals surface area contributed by atoms with E-state index in [2.05, 4.69) is 20.9 Å². The number of morpholine rings is 1. The van der Waals surface area contributed by atoms with Crippen LogP contribution in [0.15, 0.2) is 18.2 Å². The summed E-state index contributed by atoms with van der Waals surface area (Å²) in [7, 11) is 1.42. The number of halogens is 1. The van der Waals surface area contributed by atoms with E-state index < -0.39 is 17.8 Å². The second kappa shape index (κ2) is 8.60. The smallest absolute Gasteiger partial charge is 0.319 e. The number of rotatable bonds is 5. The second-order valence-corrected chi connectivity index (χ2v) is 5.61. The Kier molecular flexibility index (Phi) is 6.51. The predicted molar refractivity (Wildman–Crippen MR) is 88.7 cm³/mol. The van der Waals surface area contributed by atoms with Gasteiger partial charge in [-0.25, -0.2) is 9.18 Å². The first-order valence-corrected chi connectivity index (χ1v) is 7.89. The van der Waals surface area contributed by atoms with Crippen LogP contribution in [0.25, 0.3) is 0 Å². The first-order chi connectivity index (χ1) is 11.5. The minimum absolute atomic E-state index is 0.114. The van der Waals surface area contributed by atoms with Crippen LogP contribution < -0.4 is 16.0 Å². The van der Waals surface area contributed by atoms with Crippen molar-refractivity contribution in [1.29, 1.82) is 0 Å². The van der Waals surface area contributed by atoms with E-state index >= 15 is 0 Å². The highest BCUT2D eigenvalue weighted by atomic mass is 19.1. The van der Waals surface area contributed by atoms with Crippen LogP contribution in [0.2, 0.25) is 0 Å². The quantitative estimate of drug-likeness (QED) is 0.749. The van der Waals surface area contributed by atoms with Gasteiger partial charge in [0.15, 0.2) is 0 Å². The van der Waals surface area contributed by atoms with Crippen LogP contribution in [-0.2, 0) is 4.74 Å². The van der Waals surface area contributed by atoms with E-state index in [-0.39, 0.29) is 11.6 Å². The summed E-state index contributed by atoms with van der Waals surface area (Å²) in [4.78, 5) is 25.8. The minimum Gasteiger partial charge on any atom is -0.379 e. The molecule has 1 aliphatic heterocycles. The van der Waals surface area contributed by atoms with Crippen LogP contribution in [0.5, 0.6) is 0 Å². The summed E-state index contributed by atoms with van der Waals surface area (Å²) in [6.45, 7) is 5.61. The highest BCUT2D eigenvalue weighted by molar-refractivity contribution is 5.97. The zero-order chi connectivity index (χ0) is 17.5. The molecule has 0 unspecified atom stereocenters. The van der Waals surface area contributed by atoms with Gasteiger partial charge in [0.25, 0.3) is 5.91 Å². The SMILES string of the molecule is CNC(=O)c1cc(NC(=O)NC[C@@H](C)N2CCOCC2)ccc1F. The summed E-state index contributed by atoms with van der Waals surface area (Å²) < 4.78 is 18.9. The third-order valence-corrected chi connectivity index (χ3v) is 3.92. The van der Waals surface area contributed by atoms with Crippen LogP contribution in [0.3, 0.4) is 0 Å². The van der Waals surface area contributed by atoms with Crippen molar-refractivity contribution < 1.29 is 18.7 Å². The average molecular weight is 338 g/mol. The van der Waals surface area contributed by atoms with E-state index in [0.717, 1.165) is 19.2 Å². The zero-order valence-electron chi connectivity index (χ0n) is 13.9. The second-order valence-electron chi connectivity index (χ2n) is 5.61. The normalized spacial score (nSPS) is 16.3. The van der Waals surface area contributed by atoms with E-state index in [9.17, 15) is 14.0 Å². The van der Waals surface area contributed by atoms with Gasteiger partial charge < -0.3 is 20.7 Å². The molecular weight excluding hydrogens is 315 g/mol. The number of hydrogen-bond donors (Lipinski definition) is 3. The van der Waals surface area contributed by atoms with Crippen molar-refractivity contribution in [3.63, 3.8) is 0 Å². The summed E-state index contributed by atoms with van der Waals surface area (Å²) >= 11 is 0. The molecule has 1 saturated heterocycles. The third kappa shape index (κ3) is 4.90. The molecule has 1 aliphatic rings. The minimum atomic E-state index is -0.638. The molecule has 1 heterocycles. The van der Waals surface area contributed by atoms with Gasteiger partial charge >= 0.3 is 6.03 Å². The van der Waals surface area contributed by atoms with Crippen LogP contribution in [0.1, 0.15) is 17.3 Å². The Morgan fingerprint density at radius 1 is 1.33 bits per heavy atom. The predicted octanol–water partition coefficient (Wildman–Crippen LogP) is 1.03. The highest BCUT2D eigenvalue weighted by Gasteiger charge is 2.17. The van der Waals surface area contributed by atoms with Gasteiger partial charge in [0.1, 0.15) is 5.82 Å². The van der Waals surface area contributed by atoms with Crippen LogP contribution >= 0.6 is 0 Å². The molecule has 1 aromatic carbocycles. The molecule has 24 heavy (non-hydrogen) atoms. The fourth-order valence-electron chi connectivity index (χ4n) is 2.47. The number of hydrogen-bond acceptors (Lipinski definition) is 4. The summed E-state index contributed by atoms with van der Waals surface area (Å²) in [6, 6.07) is 3.65. The number of anilines is 1. The maximum absolute atomic E-state index is 13.6. The van der Waals surface area contributed by atoms with E-state index in [0.29, 0.717) is 25.4 Å². The standard InChI is InChI=1S/C16H23FN4O3/c1-11(21-5-7-24-8-6-21)10-19-16(23)20-12-3-4-14(17)13(9-12)15(22)18-2/h3-4,9,11H,5-8,10H2,1-2H3,(H,18,22)(H2,19,20,23)/t11-/m1/s1. The Morgan fingerprint density at radius 3 is 2.71 bits per heavy atom. The average Bonchev–Trinajstić information content (AvgIpc) is 2.61. The summed E-state index contributed by atoms with van der Waals surface area (Å²) in [5.74, 6) is -1.18. The van der Waals surface area contributed by atoms with Crippen molar-refractivity contribution in [2.75, 3.05) is 45.2 Å². The van der Waals surface area contributed by atoms with Gasteiger partial charge in [-0.15, -0.1) is 0 Å². The lowest BCUT2D eigenvalue weighted by molar-refractivity contribution is 0.0209. The Hall–Kier alpha value is -2.19. The van der Waals surface area contributed by atoms with Crippen molar-refractivity contribution >= 4 is 17.6 Å². The Balaban J connectivity index is 1.86. The van der Waals surface area contributed by atoms with Crippen LogP contribution in [0.4, 0.5) is 14.9 Å². The summed E-state index contributed by atoms with van der Waals surface area (Å²) in [5.41, 5.74) is 0.239. The lowest BCUT2D eigenvalue weighted by atomic mass is 10.1. The Bertz CT molecular complexity index is 591. The molecule has 0 saturated carbocycles. The third-order valence-electron chi connectivity index (χ3n) is 3.92. The number of urea groups is 1. The highest BCUT2D eigenvalue weighted by Crippen LogP contribution is 2.14. The number of carbonyl (C=O) groups is 2. The molecule has 7 nitrogen and oxygen atoms in total. The summed E-state index contributed by atoms with van der Waals surface area (Å²) in [5, 5.41) is 7.74. The molecule has 1 atom stereocenters. The Morgan fingerprint density at radius 2 is 2.04 bits per heavy atom. The first-order valence-electron chi connectivity index (χ1n) is 7.89. The molecular formula is C16H23FN4O3. The van der Waals surface area contributed by atoms with Crippen molar-refractivity contribution in [3.05, 3.63) is 29.6 Å². The lowest BCUT2D eigenvalue weighted by Gasteiger charge is -2.32. The Labute approximate surface area is 140 Å². The maximum Gasteiger partial charge on any atom is 0.319 e. The molecule has 2 rings (SSSR count). The number of amides is 3. The van der Waals surface area contributed by atoms with Gasteiger partial charge in [0.2, 0.25) is 0 Å². The van der Waals surface area contributed by atoms with Gasteiger partial charge in [-0.3, -0.25) is 9.69 Å². The van der Waals surface area contributed by atoms with Crippen molar-refractivity contribution in [1.82, 2.24) is 15.5 Å². The topological polar surface area (TPSA) is 82.7 Å². The van der Waals surface area contributed by atoms with E-state index in [1.54, 1.807) is 0 Å². The van der Waals surface area contributed by atoms with Gasteiger partial charge in [-0.05, 0) is 25.1 Å². The number of nitrogens with zero attached hydrogens (tertiary/aromatic N) is 1. The van der Waals surface area contributed by atoms with Crippen molar-refractivity contribution in [2.45, 2.75) is 13.0 Å². The molecule has 0 spiro atoms. The maximum atomic E-state index is 13.6. The monoisotopic (exact) mass is 338 g/mol. The summed E-state index contributed by atoms with van der Waals surface area (Å²) in [6.07, 6.45) is 0. The lowest BCUT2D eigenvalue weighted by Crippen LogP contribution is -2.47. The number of carbonyl (C=O) groups excluding carboxylic acids is 2. The molecule has 1 fully saturated rings. The zero-order valence-corrected chi connectivity index (χ0v) is 13.9. The van der Waals surface area contributed by atoms with E-state index in [1.165, 1.54) is 19.2 Å². The van der Waals surface area contributed by atoms with Gasteiger partial charge in [0, 0.05) is 38.4 Å². The molecule has 8 heteroatoms. The van der Waals surface area contributed by atoms with Crippen molar-refractivity contribution in [2.24, 2.45) is 0 Å². The number of nitrogens with one attached hydrogen (secondary N) is 3. The van der Waals surface area contributed by atoms with Gasteiger partial charge in [0.05, 0.1) is 18.8 Å².